The lowest BCUT2D eigenvalue weighted by atomic mass is 10.2. The molecule has 0 unspecified atom stereocenters. The van der Waals surface area contributed by atoms with Crippen molar-refractivity contribution in [2.75, 3.05) is 0 Å². The van der Waals surface area contributed by atoms with Crippen LogP contribution in [0.15, 0.2) is 41.5 Å². The van der Waals surface area contributed by atoms with Crippen LogP contribution < -0.4 is 11.2 Å². The van der Waals surface area contributed by atoms with Gasteiger partial charge >= 0.3 is 11.8 Å². The Morgan fingerprint density at radius 3 is 2.53 bits per heavy atom. The van der Waals surface area contributed by atoms with Crippen LogP contribution in [-0.2, 0) is 9.59 Å². The highest BCUT2D eigenvalue weighted by Crippen LogP contribution is 2.00. The second kappa shape index (κ2) is 6.22. The number of nitrogens with zero attached hydrogens (tertiary/aromatic N) is 1. The average molecular weight is 231 g/mol. The molecule has 5 nitrogen and oxygen atoms in total. The predicted molar refractivity (Wildman–Crippen MR) is 65.9 cm³/mol. The average Bonchev–Trinajstić information content (AvgIpc) is 2.34. The van der Waals surface area contributed by atoms with Crippen molar-refractivity contribution < 1.29 is 9.59 Å². The van der Waals surface area contributed by atoms with E-state index in [1.165, 1.54) is 0 Å². The zero-order chi connectivity index (χ0) is 12.7. The number of nitrogens with one attached hydrogen (secondary N) is 1. The Bertz CT molecular complexity index is 464. The second-order valence-corrected chi connectivity index (χ2v) is 3.30. The molecule has 0 bridgehead atoms. The van der Waals surface area contributed by atoms with Crippen molar-refractivity contribution in [1.29, 1.82) is 0 Å². The van der Waals surface area contributed by atoms with Crippen molar-refractivity contribution >= 4 is 23.6 Å². The minimum atomic E-state index is -1.06. The molecule has 0 fully saturated rings. The van der Waals surface area contributed by atoms with Crippen LogP contribution in [0.2, 0.25) is 0 Å². The topological polar surface area (TPSA) is 84.6 Å². The van der Waals surface area contributed by atoms with Crippen molar-refractivity contribution in [3.8, 4) is 0 Å². The zero-order valence-electron chi connectivity index (χ0n) is 9.38. The number of hydrogen-bond donors (Lipinski definition) is 2. The standard InChI is InChI=1S/C12H13N3O2/c1-9(14-15-12(17)11(13)16)7-8-10-5-3-2-4-6-10/h2-8H,1H3,(H2,13,16)(H,15,17)/b8-7-,14-9-. The molecule has 88 valence electrons. The number of hydrogen-bond acceptors (Lipinski definition) is 3. The van der Waals surface area contributed by atoms with E-state index in [1.54, 1.807) is 13.0 Å². The molecule has 1 rings (SSSR count). The van der Waals surface area contributed by atoms with Crippen molar-refractivity contribution in [3.05, 3.63) is 42.0 Å². The maximum atomic E-state index is 10.8. The molecule has 0 radical (unpaired) electrons. The van der Waals surface area contributed by atoms with Gasteiger partial charge in [-0.25, -0.2) is 5.43 Å². The molecule has 1 aromatic rings. The van der Waals surface area contributed by atoms with Crippen molar-refractivity contribution in [2.24, 2.45) is 10.8 Å². The Balaban J connectivity index is 2.57. The van der Waals surface area contributed by atoms with Crippen LogP contribution in [0.3, 0.4) is 0 Å². The second-order valence-electron chi connectivity index (χ2n) is 3.30. The van der Waals surface area contributed by atoms with Crippen LogP contribution >= 0.6 is 0 Å². The fourth-order valence-corrected chi connectivity index (χ4v) is 1.01. The summed E-state index contributed by atoms with van der Waals surface area (Å²) in [4.78, 5) is 21.2. The van der Waals surface area contributed by atoms with Crippen molar-refractivity contribution in [1.82, 2.24) is 5.43 Å². The Kier molecular flexibility index (Phi) is 4.62. The van der Waals surface area contributed by atoms with E-state index < -0.39 is 11.8 Å². The fraction of sp³-hybridized carbons (Fsp3) is 0.0833. The minimum absolute atomic E-state index is 0.559. The van der Waals surface area contributed by atoms with Gasteiger partial charge in [0.1, 0.15) is 0 Å². The van der Waals surface area contributed by atoms with Crippen LogP contribution in [0.5, 0.6) is 0 Å². The predicted octanol–water partition coefficient (Wildman–Crippen LogP) is 0.677. The van der Waals surface area contributed by atoms with Crippen molar-refractivity contribution in [2.45, 2.75) is 6.92 Å². The molecule has 1 aromatic carbocycles. The Labute approximate surface area is 99.0 Å². The van der Waals surface area contributed by atoms with Gasteiger partial charge in [-0.3, -0.25) is 9.59 Å². The number of allylic oxidation sites excluding steroid dienone is 1. The lowest BCUT2D eigenvalue weighted by Crippen LogP contribution is -2.33. The monoisotopic (exact) mass is 231 g/mol. The van der Waals surface area contributed by atoms with E-state index in [4.69, 9.17) is 5.73 Å². The van der Waals surface area contributed by atoms with E-state index in [1.807, 2.05) is 41.8 Å². The first kappa shape index (κ1) is 12.6. The number of hydrazone groups is 1. The highest BCUT2D eigenvalue weighted by Gasteiger charge is 2.05. The fourth-order valence-electron chi connectivity index (χ4n) is 1.01. The SMILES string of the molecule is CC(/C=C\c1ccccc1)=N/NC(=O)C(N)=O. The molecule has 3 N–H and O–H groups in total. The molecule has 0 saturated heterocycles. The van der Waals surface area contributed by atoms with E-state index in [0.29, 0.717) is 5.71 Å². The van der Waals surface area contributed by atoms with E-state index in [-0.39, 0.29) is 0 Å². The number of rotatable bonds is 3. The molecule has 0 saturated carbocycles. The molecule has 17 heavy (non-hydrogen) atoms. The van der Waals surface area contributed by atoms with Gasteiger partial charge in [0.25, 0.3) is 0 Å². The van der Waals surface area contributed by atoms with Gasteiger partial charge in [-0.1, -0.05) is 36.4 Å². The third kappa shape index (κ3) is 4.74. The maximum absolute atomic E-state index is 10.8. The summed E-state index contributed by atoms with van der Waals surface area (Å²) in [5.74, 6) is -1.99. The van der Waals surface area contributed by atoms with E-state index in [0.717, 1.165) is 5.56 Å². The van der Waals surface area contributed by atoms with Crippen LogP contribution in [0.25, 0.3) is 6.08 Å². The third-order valence-electron chi connectivity index (χ3n) is 1.87. The smallest absolute Gasteiger partial charge is 0.329 e. The van der Waals surface area contributed by atoms with E-state index >= 15 is 0 Å². The number of nitrogens with two attached hydrogens (primary N) is 1. The van der Waals surface area contributed by atoms with E-state index in [9.17, 15) is 9.59 Å². The summed E-state index contributed by atoms with van der Waals surface area (Å²) in [6, 6.07) is 9.63. The van der Waals surface area contributed by atoms with Gasteiger partial charge in [0, 0.05) is 0 Å². The summed E-state index contributed by atoms with van der Waals surface area (Å²) in [6.07, 6.45) is 3.56. The number of amides is 2. The molecule has 2 amide bonds. The summed E-state index contributed by atoms with van der Waals surface area (Å²) in [5, 5.41) is 3.69. The Hall–Kier alpha value is -2.43. The van der Waals surface area contributed by atoms with Gasteiger partial charge in [0.15, 0.2) is 0 Å². The Morgan fingerprint density at radius 2 is 1.94 bits per heavy atom. The number of benzene rings is 1. The number of carbonyl (C=O) groups excluding carboxylic acids is 2. The van der Waals surface area contributed by atoms with Gasteiger partial charge in [-0.15, -0.1) is 0 Å². The quantitative estimate of drug-likeness (QED) is 0.455. The highest BCUT2D eigenvalue weighted by atomic mass is 16.2. The summed E-state index contributed by atoms with van der Waals surface area (Å²) >= 11 is 0. The first-order valence-corrected chi connectivity index (χ1v) is 4.97. The highest BCUT2D eigenvalue weighted by molar-refractivity contribution is 6.34. The molecular weight excluding hydrogens is 218 g/mol. The molecule has 0 aliphatic rings. The van der Waals surface area contributed by atoms with Gasteiger partial charge in [-0.2, -0.15) is 5.10 Å². The van der Waals surface area contributed by atoms with Crippen LogP contribution in [0, 0.1) is 0 Å². The number of primary amides is 1. The summed E-state index contributed by atoms with van der Waals surface area (Å²) in [5.41, 5.74) is 8.37. The molecule has 5 heteroatoms. The molecule has 0 aliphatic heterocycles. The largest absolute Gasteiger partial charge is 0.361 e. The van der Waals surface area contributed by atoms with Gasteiger partial charge in [0.05, 0.1) is 5.71 Å². The Morgan fingerprint density at radius 1 is 1.29 bits per heavy atom. The summed E-state index contributed by atoms with van der Waals surface area (Å²) < 4.78 is 0. The lowest BCUT2D eigenvalue weighted by molar-refractivity contribution is -0.137. The van der Waals surface area contributed by atoms with Crippen LogP contribution in [0.1, 0.15) is 12.5 Å². The maximum Gasteiger partial charge on any atom is 0.329 e. The molecule has 0 aromatic heterocycles. The molecular formula is C12H13N3O2. The van der Waals surface area contributed by atoms with E-state index in [2.05, 4.69) is 5.10 Å². The third-order valence-corrected chi connectivity index (χ3v) is 1.87. The van der Waals surface area contributed by atoms with Crippen molar-refractivity contribution in [3.63, 3.8) is 0 Å². The molecule has 0 heterocycles. The first-order chi connectivity index (χ1) is 8.09. The summed E-state index contributed by atoms with van der Waals surface area (Å²) in [6.45, 7) is 1.70. The van der Waals surface area contributed by atoms with Gasteiger partial charge in [-0.05, 0) is 18.6 Å². The lowest BCUT2D eigenvalue weighted by Gasteiger charge is -1.95. The van der Waals surface area contributed by atoms with Gasteiger partial charge < -0.3 is 5.73 Å². The molecule has 0 spiro atoms. The minimum Gasteiger partial charge on any atom is -0.361 e. The molecule has 0 atom stereocenters. The van der Waals surface area contributed by atoms with Crippen LogP contribution in [0.4, 0.5) is 0 Å². The van der Waals surface area contributed by atoms with Crippen LogP contribution in [-0.4, -0.2) is 17.5 Å². The van der Waals surface area contributed by atoms with Gasteiger partial charge in [0.2, 0.25) is 0 Å². The normalized spacial score (nSPS) is 11.5. The summed E-state index contributed by atoms with van der Waals surface area (Å²) in [7, 11) is 0. The number of carbonyl (C=O) groups is 2. The molecule has 0 aliphatic carbocycles. The zero-order valence-corrected chi connectivity index (χ0v) is 9.38. The first-order valence-electron chi connectivity index (χ1n) is 4.97.